The number of carboxylic acid groups (broad SMARTS) is 1. The molecule has 0 bridgehead atoms. The van der Waals surface area contributed by atoms with Gasteiger partial charge in [0.1, 0.15) is 54.1 Å². The Kier molecular flexibility index (Phi) is 28.8. The number of para-hydroxylation sites is 1. The highest BCUT2D eigenvalue weighted by Crippen LogP contribution is 2.20. The van der Waals surface area contributed by atoms with Gasteiger partial charge in [-0.05, 0) is 98.3 Å². The van der Waals surface area contributed by atoms with Crippen molar-refractivity contribution in [3.63, 3.8) is 0 Å². The number of hydrogen-bond acceptors (Lipinski definition) is 17. The van der Waals surface area contributed by atoms with Crippen LogP contribution < -0.4 is 65.5 Å². The van der Waals surface area contributed by atoms with Crippen molar-refractivity contribution in [2.75, 3.05) is 24.0 Å². The van der Waals surface area contributed by atoms with Gasteiger partial charge < -0.3 is 85.8 Å². The molecule has 0 radical (unpaired) electrons. The highest BCUT2D eigenvalue weighted by atomic mass is 32.2. The lowest BCUT2D eigenvalue weighted by molar-refractivity contribution is -0.143. The van der Waals surface area contributed by atoms with Crippen LogP contribution in [0.2, 0.25) is 0 Å². The van der Waals surface area contributed by atoms with Crippen LogP contribution in [-0.2, 0) is 70.4 Å². The van der Waals surface area contributed by atoms with Crippen molar-refractivity contribution in [2.45, 2.75) is 139 Å². The molecule has 0 aliphatic heterocycles. The Morgan fingerprint density at radius 3 is 1.47 bits per heavy atom. The quantitative estimate of drug-likeness (QED) is 0.0272. The summed E-state index contributed by atoms with van der Waals surface area (Å²) >= 11 is 2.60. The highest BCUT2D eigenvalue weighted by molar-refractivity contribution is 7.98. The molecule has 11 amide bonds. The molecule has 0 fully saturated rings. The number of nitrogens with one attached hydrogen (secondary N) is 9. The second-order valence-corrected chi connectivity index (χ2v) is 22.0. The fourth-order valence-electron chi connectivity index (χ4n) is 8.35. The highest BCUT2D eigenvalue weighted by Gasteiger charge is 2.37. The van der Waals surface area contributed by atoms with Crippen LogP contribution in [0.1, 0.15) is 76.8 Å². The summed E-state index contributed by atoms with van der Waals surface area (Å²) in [6.45, 7) is 4.60. The van der Waals surface area contributed by atoms with Gasteiger partial charge in [0.2, 0.25) is 65.0 Å². The van der Waals surface area contributed by atoms with Crippen molar-refractivity contribution in [1.82, 2.24) is 47.5 Å². The first-order valence-corrected chi connectivity index (χ1v) is 29.2. The third-order valence-electron chi connectivity index (χ3n) is 12.7. The van der Waals surface area contributed by atoms with Crippen molar-refractivity contribution in [3.05, 3.63) is 65.9 Å². The fourth-order valence-corrected chi connectivity index (χ4v) is 9.29. The van der Waals surface area contributed by atoms with Gasteiger partial charge in [-0.3, -0.25) is 52.7 Å². The van der Waals surface area contributed by atoms with E-state index in [2.05, 4.69) is 47.5 Å². The van der Waals surface area contributed by atoms with Crippen LogP contribution in [0.15, 0.2) is 54.7 Å². The number of carbonyl (C=O) groups excluding carboxylic acids is 11. The third kappa shape index (κ3) is 23.8. The Labute approximate surface area is 487 Å². The molecule has 0 spiro atoms. The second kappa shape index (κ2) is 34.5. The van der Waals surface area contributed by atoms with Gasteiger partial charge in [-0.2, -0.15) is 23.5 Å². The van der Waals surface area contributed by atoms with Crippen molar-refractivity contribution < 1.29 is 72.9 Å². The summed E-state index contributed by atoms with van der Waals surface area (Å²) in [6.07, 6.45) is 0.278. The zero-order valence-corrected chi connectivity index (χ0v) is 48.3. The fraction of sp³-hybridized carbons (Fsp3) is 0.509. The maximum absolute atomic E-state index is 14.5. The number of H-pyrrole nitrogens is 1. The topological polar surface area (TPSA) is 482 Å². The number of benzene rings is 2. The number of aliphatic carboxylic acids is 1. The van der Waals surface area contributed by atoms with E-state index in [9.17, 15) is 72.9 Å². The number of carbonyl (C=O) groups is 12. The summed E-state index contributed by atoms with van der Waals surface area (Å²) < 4.78 is 0. The summed E-state index contributed by atoms with van der Waals surface area (Å²) in [5.41, 5.74) is 24.2. The number of amides is 11. The first-order valence-electron chi connectivity index (χ1n) is 26.4. The summed E-state index contributed by atoms with van der Waals surface area (Å²) in [6, 6.07) is -1.22. The first-order chi connectivity index (χ1) is 39.1. The number of aliphatic hydroxyl groups is 1. The molecule has 0 aliphatic carbocycles. The summed E-state index contributed by atoms with van der Waals surface area (Å²) in [5.74, 6) is -12.4. The van der Waals surface area contributed by atoms with Gasteiger partial charge >= 0.3 is 5.97 Å². The number of nitrogens with two attached hydrogens (primary N) is 4. The second-order valence-electron chi connectivity index (χ2n) is 20.1. The molecule has 30 heteroatoms. The lowest BCUT2D eigenvalue weighted by atomic mass is 10.0. The molecule has 3 rings (SSSR count). The Morgan fingerprint density at radius 2 is 0.988 bits per heavy atom. The monoisotopic (exact) mass is 1200 g/mol. The van der Waals surface area contributed by atoms with E-state index in [0.717, 1.165) is 0 Å². The molecular weight excluding hydrogens is 1120 g/mol. The number of aromatic amines is 1. The molecular formula is C53H77N13O15S2. The van der Waals surface area contributed by atoms with Gasteiger partial charge in [-0.15, -0.1) is 0 Å². The number of phenolic OH excluding ortho intramolecular Hbond substituents is 1. The van der Waals surface area contributed by atoms with E-state index < -0.39 is 157 Å². The van der Waals surface area contributed by atoms with Crippen LogP contribution in [0.25, 0.3) is 10.9 Å². The van der Waals surface area contributed by atoms with Crippen molar-refractivity contribution in [1.29, 1.82) is 0 Å². The van der Waals surface area contributed by atoms with Crippen LogP contribution in [0.5, 0.6) is 5.75 Å². The predicted octanol–water partition coefficient (Wildman–Crippen LogP) is -3.10. The number of rotatable bonds is 37. The number of phenols is 1. The number of aromatic nitrogens is 1. The Bertz CT molecular complexity index is 2760. The molecule has 0 aliphatic rings. The van der Waals surface area contributed by atoms with Crippen molar-refractivity contribution in [3.8, 4) is 5.75 Å². The van der Waals surface area contributed by atoms with E-state index >= 15 is 0 Å². The first kappa shape index (κ1) is 69.3. The number of fused-ring (bicyclic) bond motifs is 1. The van der Waals surface area contributed by atoms with Gasteiger partial charge in [0.15, 0.2) is 0 Å². The van der Waals surface area contributed by atoms with Crippen LogP contribution >= 0.6 is 23.5 Å². The smallest absolute Gasteiger partial charge is 0.326 e. The number of aromatic hydroxyl groups is 1. The maximum Gasteiger partial charge on any atom is 0.326 e. The summed E-state index contributed by atoms with van der Waals surface area (Å²) in [7, 11) is 0. The van der Waals surface area contributed by atoms with E-state index in [1.54, 1.807) is 69.0 Å². The molecule has 1 heterocycles. The number of carboxylic acids is 1. The van der Waals surface area contributed by atoms with Crippen LogP contribution in [0.4, 0.5) is 0 Å². The molecule has 3 aromatic rings. The average molecular weight is 1200 g/mol. The van der Waals surface area contributed by atoms with E-state index in [1.807, 2.05) is 0 Å². The lowest BCUT2D eigenvalue weighted by Gasteiger charge is -2.28. The van der Waals surface area contributed by atoms with E-state index in [-0.39, 0.29) is 49.5 Å². The molecule has 10 atom stereocenters. The largest absolute Gasteiger partial charge is 0.508 e. The summed E-state index contributed by atoms with van der Waals surface area (Å²) in [4.78, 5) is 163. The zero-order valence-electron chi connectivity index (χ0n) is 46.7. The van der Waals surface area contributed by atoms with Crippen LogP contribution in [0.3, 0.4) is 0 Å². The lowest BCUT2D eigenvalue weighted by Crippen LogP contribution is -2.62. The molecule has 0 saturated carbocycles. The normalized spacial score (nSPS) is 14.8. The van der Waals surface area contributed by atoms with E-state index in [0.29, 0.717) is 27.8 Å². The number of aliphatic hydroxyl groups excluding tert-OH is 1. The van der Waals surface area contributed by atoms with Crippen molar-refractivity contribution in [2.24, 2.45) is 28.9 Å². The molecule has 456 valence electrons. The number of hydrogen-bond donors (Lipinski definition) is 16. The van der Waals surface area contributed by atoms with Crippen LogP contribution in [-0.4, -0.2) is 176 Å². The molecule has 20 N–H and O–H groups in total. The van der Waals surface area contributed by atoms with E-state index in [4.69, 9.17) is 22.9 Å². The summed E-state index contributed by atoms with van der Waals surface area (Å²) in [5, 5.41) is 50.3. The zero-order chi connectivity index (χ0) is 62.1. The molecule has 0 saturated heterocycles. The minimum absolute atomic E-state index is 0.00387. The van der Waals surface area contributed by atoms with Crippen molar-refractivity contribution >= 4 is 105 Å². The van der Waals surface area contributed by atoms with Gasteiger partial charge in [0, 0.05) is 29.9 Å². The molecule has 28 nitrogen and oxygen atoms in total. The number of thioether (sulfide) groups is 2. The minimum Gasteiger partial charge on any atom is -0.508 e. The maximum atomic E-state index is 14.5. The van der Waals surface area contributed by atoms with Gasteiger partial charge in [-0.25, -0.2) is 4.79 Å². The predicted molar refractivity (Wildman–Crippen MR) is 308 cm³/mol. The van der Waals surface area contributed by atoms with Gasteiger partial charge in [0.05, 0.1) is 25.0 Å². The SMILES string of the molecule is CSCC[C@H](NC(=O)[C@H](CCC(N)=O)NC(=O)[C@H](CC(N)=O)NC(=O)[C@H](Cc1c[nH]c2ccccc12)NC(=O)[C@@H](NC(=O)[C@H](CCSC)NC(=O)[C@@H](N)Cc1ccc(O)cc1)[C@@H](C)O)C(=O)N[C@@H](CC(N)=O)C(=O)N[C@@H](CC(C)C)C(=O)O. The van der Waals surface area contributed by atoms with Gasteiger partial charge in [-0.1, -0.05) is 44.2 Å². The molecule has 83 heavy (non-hydrogen) atoms. The number of primary amides is 3. The Balaban J connectivity index is 1.95. The third-order valence-corrected chi connectivity index (χ3v) is 14.0. The van der Waals surface area contributed by atoms with E-state index in [1.165, 1.54) is 42.6 Å². The Hall–Kier alpha value is -7.96. The minimum atomic E-state index is -1.91. The molecule has 2 aromatic carbocycles. The Morgan fingerprint density at radius 1 is 0.542 bits per heavy atom. The molecule has 0 unspecified atom stereocenters. The molecule has 1 aromatic heterocycles. The average Bonchev–Trinajstić information content (AvgIpc) is 4.02. The van der Waals surface area contributed by atoms with Crippen LogP contribution in [0, 0.1) is 5.92 Å². The van der Waals surface area contributed by atoms with Gasteiger partial charge in [0.25, 0.3) is 0 Å². The standard InChI is InChI=1S/C53H77N13O15S2/c1-26(2)20-40(53(80)81)65-51(78)39(24-43(57)71)62-47(74)35(16-18-82-4)61-46(73)34(14-15-41(55)69)60-50(77)38(23-42(56)70)63-49(76)37(22-29-25-58-33-9-7-6-8-31(29)33)64-52(79)44(27(3)67)66-48(75)36(17-19-83-5)59-45(72)32(54)21-28-10-12-30(68)13-11-28/h6-13,25-27,32,34-40,44,58,67-68H,14-24,54H2,1-5H3,(H2,55,69)(H2,56,70)(H2,57,71)(H,59,72)(H,60,77)(H,61,73)(H,62,74)(H,63,76)(H,64,79)(H,65,78)(H,66,75)(H,80,81)/t27-,32+,34+,35+,36+,37+,38+,39+,40+,44+/m1/s1.